The second-order valence-electron chi connectivity index (χ2n) is 2.85. The number of nitrogens with zero attached hydrogens (tertiary/aromatic N) is 3. The average molecular weight is 249 g/mol. The van der Waals surface area contributed by atoms with Gasteiger partial charge in [0, 0.05) is 17.8 Å². The van der Waals surface area contributed by atoms with E-state index in [9.17, 15) is 0 Å². The van der Waals surface area contributed by atoms with Gasteiger partial charge in [-0.2, -0.15) is 5.21 Å². The highest BCUT2D eigenvalue weighted by atomic mass is 15.5. The molecule has 0 saturated heterocycles. The van der Waals surface area contributed by atoms with Gasteiger partial charge in [-0.1, -0.05) is 39.8 Å². The molecular weight excluding hydrogens is 226 g/mol. The summed E-state index contributed by atoms with van der Waals surface area (Å²) < 4.78 is 0. The number of aromatic amines is 1. The molecule has 0 bridgehead atoms. The molecule has 0 saturated carbocycles. The Labute approximate surface area is 109 Å². The third-order valence-corrected chi connectivity index (χ3v) is 1.85. The van der Waals surface area contributed by atoms with Gasteiger partial charge in [0.05, 0.1) is 0 Å². The van der Waals surface area contributed by atoms with Crippen molar-refractivity contribution in [2.45, 2.75) is 34.6 Å². The maximum Gasteiger partial charge on any atom is 0.204 e. The molecule has 5 nitrogen and oxygen atoms in total. The maximum absolute atomic E-state index is 3.91. The molecule has 5 heteroatoms. The van der Waals surface area contributed by atoms with Crippen molar-refractivity contribution in [2.75, 3.05) is 11.9 Å². The Kier molecular flexibility index (Phi) is 9.17. The first-order chi connectivity index (χ1) is 8.90. The van der Waals surface area contributed by atoms with Crippen molar-refractivity contribution < 1.29 is 0 Å². The van der Waals surface area contributed by atoms with Gasteiger partial charge < -0.3 is 5.32 Å². The molecule has 100 valence electrons. The number of H-pyrrole nitrogens is 1. The third-order valence-electron chi connectivity index (χ3n) is 1.85. The summed E-state index contributed by atoms with van der Waals surface area (Å²) in [5, 5.41) is 17.0. The van der Waals surface area contributed by atoms with E-state index in [1.54, 1.807) is 0 Å². The summed E-state index contributed by atoms with van der Waals surface area (Å²) in [5.41, 5.74) is 2.02. The van der Waals surface area contributed by atoms with Crippen LogP contribution in [0.2, 0.25) is 0 Å². The fraction of sp³-hybridized carbons (Fsp3) is 0.462. The van der Waals surface area contributed by atoms with Crippen molar-refractivity contribution in [3.63, 3.8) is 0 Å². The van der Waals surface area contributed by atoms with Gasteiger partial charge in [-0.25, -0.2) is 0 Å². The molecule has 1 heterocycles. The Morgan fingerprint density at radius 2 is 1.89 bits per heavy atom. The van der Waals surface area contributed by atoms with Gasteiger partial charge in [-0.3, -0.25) is 0 Å². The lowest BCUT2D eigenvalue weighted by Crippen LogP contribution is -1.96. The van der Waals surface area contributed by atoms with E-state index in [-0.39, 0.29) is 0 Å². The van der Waals surface area contributed by atoms with Crippen LogP contribution in [-0.4, -0.2) is 27.2 Å². The van der Waals surface area contributed by atoms with E-state index >= 15 is 0 Å². The van der Waals surface area contributed by atoms with Crippen molar-refractivity contribution in [3.8, 4) is 11.4 Å². The van der Waals surface area contributed by atoms with Crippen LogP contribution in [0, 0.1) is 0 Å². The number of benzene rings is 1. The van der Waals surface area contributed by atoms with Crippen LogP contribution in [0.3, 0.4) is 0 Å². The molecule has 2 aromatic rings. The fourth-order valence-electron chi connectivity index (χ4n) is 1.26. The number of anilines is 1. The van der Waals surface area contributed by atoms with E-state index < -0.39 is 0 Å². The standard InChI is InChI=1S/C9H11N5.2C2H6/c1-2-10-8-5-3-4-7(6-8)9-11-13-14-12-9;2*1-2/h3-6,10H,2H2,1H3,(H,11,12,13,14);2*1-2H3. The fourth-order valence-corrected chi connectivity index (χ4v) is 1.26. The van der Waals surface area contributed by atoms with Gasteiger partial charge in [0.15, 0.2) is 0 Å². The van der Waals surface area contributed by atoms with Gasteiger partial charge in [-0.05, 0) is 24.3 Å². The number of nitrogens with one attached hydrogen (secondary N) is 2. The molecule has 0 aliphatic carbocycles. The molecule has 0 aliphatic rings. The summed E-state index contributed by atoms with van der Waals surface area (Å²) in [4.78, 5) is 0. The molecule has 0 fully saturated rings. The normalized spacial score (nSPS) is 8.50. The highest BCUT2D eigenvalue weighted by Crippen LogP contribution is 2.17. The predicted octanol–water partition coefficient (Wildman–Crippen LogP) is 3.35. The van der Waals surface area contributed by atoms with Crippen LogP contribution in [0.4, 0.5) is 5.69 Å². The van der Waals surface area contributed by atoms with Crippen molar-refractivity contribution in [3.05, 3.63) is 24.3 Å². The van der Waals surface area contributed by atoms with Crippen LogP contribution in [0.15, 0.2) is 24.3 Å². The molecule has 0 atom stereocenters. The molecular formula is C13H23N5. The van der Waals surface area contributed by atoms with Gasteiger partial charge in [0.1, 0.15) is 0 Å². The van der Waals surface area contributed by atoms with E-state index in [1.807, 2.05) is 52.0 Å². The summed E-state index contributed by atoms with van der Waals surface area (Å²) >= 11 is 0. The molecule has 0 radical (unpaired) electrons. The van der Waals surface area contributed by atoms with Gasteiger partial charge in [0.25, 0.3) is 0 Å². The zero-order valence-corrected chi connectivity index (χ0v) is 11.9. The summed E-state index contributed by atoms with van der Waals surface area (Å²) in [6, 6.07) is 7.91. The Balaban J connectivity index is 0.000000659. The monoisotopic (exact) mass is 249 g/mol. The van der Waals surface area contributed by atoms with Crippen LogP contribution >= 0.6 is 0 Å². The quantitative estimate of drug-likeness (QED) is 0.875. The molecule has 1 aromatic heterocycles. The smallest absolute Gasteiger partial charge is 0.204 e. The minimum Gasteiger partial charge on any atom is -0.385 e. The van der Waals surface area contributed by atoms with E-state index in [0.29, 0.717) is 5.82 Å². The first kappa shape index (κ1) is 16.1. The molecule has 0 aliphatic heterocycles. The SMILES string of the molecule is CC.CC.CCNc1cccc(-c2nn[nH]n2)c1. The number of hydrogen-bond donors (Lipinski definition) is 2. The van der Waals surface area contributed by atoms with Crippen LogP contribution < -0.4 is 5.32 Å². The van der Waals surface area contributed by atoms with Gasteiger partial charge >= 0.3 is 0 Å². The number of hydrogen-bond acceptors (Lipinski definition) is 4. The maximum atomic E-state index is 3.91. The largest absolute Gasteiger partial charge is 0.385 e. The topological polar surface area (TPSA) is 66.5 Å². The Hall–Kier alpha value is -1.91. The van der Waals surface area contributed by atoms with E-state index in [2.05, 4.69) is 32.9 Å². The van der Waals surface area contributed by atoms with E-state index in [1.165, 1.54) is 0 Å². The first-order valence-corrected chi connectivity index (χ1v) is 6.48. The minimum atomic E-state index is 0.616. The number of aromatic nitrogens is 4. The lowest BCUT2D eigenvalue weighted by molar-refractivity contribution is 0.881. The minimum absolute atomic E-state index is 0.616. The molecule has 1 aromatic carbocycles. The molecule has 2 N–H and O–H groups in total. The van der Waals surface area contributed by atoms with E-state index in [0.717, 1.165) is 17.8 Å². The first-order valence-electron chi connectivity index (χ1n) is 6.48. The van der Waals surface area contributed by atoms with Crippen LogP contribution in [0.1, 0.15) is 34.6 Å². The zero-order chi connectivity index (χ0) is 13.8. The van der Waals surface area contributed by atoms with E-state index in [4.69, 9.17) is 0 Å². The number of rotatable bonds is 3. The second-order valence-corrected chi connectivity index (χ2v) is 2.85. The molecule has 0 unspecified atom stereocenters. The lowest BCUT2D eigenvalue weighted by atomic mass is 10.2. The highest BCUT2D eigenvalue weighted by molar-refractivity contribution is 5.61. The van der Waals surface area contributed by atoms with Crippen molar-refractivity contribution >= 4 is 5.69 Å². The van der Waals surface area contributed by atoms with Crippen LogP contribution in [0.5, 0.6) is 0 Å². The third kappa shape index (κ3) is 4.95. The predicted molar refractivity (Wildman–Crippen MR) is 76.5 cm³/mol. The zero-order valence-electron chi connectivity index (χ0n) is 11.9. The average Bonchev–Trinajstić information content (AvgIpc) is 2.98. The Morgan fingerprint density at radius 1 is 1.17 bits per heavy atom. The second kappa shape index (κ2) is 10.3. The molecule has 2 rings (SSSR count). The highest BCUT2D eigenvalue weighted by Gasteiger charge is 2.02. The summed E-state index contributed by atoms with van der Waals surface area (Å²) in [7, 11) is 0. The lowest BCUT2D eigenvalue weighted by Gasteiger charge is -2.03. The van der Waals surface area contributed by atoms with Crippen molar-refractivity contribution in [2.24, 2.45) is 0 Å². The van der Waals surface area contributed by atoms with Crippen molar-refractivity contribution in [1.29, 1.82) is 0 Å². The summed E-state index contributed by atoms with van der Waals surface area (Å²) in [5.74, 6) is 0.616. The van der Waals surface area contributed by atoms with Gasteiger partial charge in [0.2, 0.25) is 5.82 Å². The Morgan fingerprint density at radius 3 is 2.44 bits per heavy atom. The summed E-state index contributed by atoms with van der Waals surface area (Å²) in [6.45, 7) is 11.0. The van der Waals surface area contributed by atoms with Crippen molar-refractivity contribution in [1.82, 2.24) is 20.6 Å². The molecule has 18 heavy (non-hydrogen) atoms. The Bertz CT molecular complexity index is 398. The molecule has 0 amide bonds. The molecule has 0 spiro atoms. The van der Waals surface area contributed by atoms with Crippen LogP contribution in [-0.2, 0) is 0 Å². The van der Waals surface area contributed by atoms with Gasteiger partial charge in [-0.15, -0.1) is 10.2 Å². The summed E-state index contributed by atoms with van der Waals surface area (Å²) in [6.07, 6.45) is 0. The van der Waals surface area contributed by atoms with Crippen LogP contribution in [0.25, 0.3) is 11.4 Å². The number of tetrazole rings is 1.